The van der Waals surface area contributed by atoms with E-state index in [2.05, 4.69) is 40.8 Å². The van der Waals surface area contributed by atoms with Crippen molar-refractivity contribution in [1.29, 1.82) is 0 Å². The summed E-state index contributed by atoms with van der Waals surface area (Å²) < 4.78 is 0. The molecule has 0 aromatic carbocycles. The highest BCUT2D eigenvalue weighted by molar-refractivity contribution is 7.80. The van der Waals surface area contributed by atoms with E-state index in [9.17, 15) is 0 Å². The Bertz CT molecular complexity index is 554. The molecule has 0 aliphatic heterocycles. The molecule has 14 heavy (non-hydrogen) atoms. The van der Waals surface area contributed by atoms with Gasteiger partial charge in [0.15, 0.2) is 0 Å². The lowest BCUT2D eigenvalue weighted by atomic mass is 10.2. The number of hydrogen-bond donors (Lipinski definition) is 2. The van der Waals surface area contributed by atoms with Gasteiger partial charge in [-0.25, -0.2) is 4.98 Å². The smallest absolute Gasteiger partial charge is 0.138 e. The molecule has 2 nitrogen and oxygen atoms in total. The summed E-state index contributed by atoms with van der Waals surface area (Å²) in [5.41, 5.74) is 0.939. The molecule has 1 N–H and O–H groups in total. The molecular formula is C11H12N2S. The first kappa shape index (κ1) is 9.34. The molecule has 2 aromatic heterocycles. The second-order valence-corrected chi connectivity index (χ2v) is 3.39. The molecule has 0 aliphatic carbocycles. The van der Waals surface area contributed by atoms with Crippen LogP contribution in [0.1, 0.15) is 6.92 Å². The number of aromatic nitrogens is 2. The van der Waals surface area contributed by atoms with Crippen molar-refractivity contribution in [3.8, 4) is 0 Å². The van der Waals surface area contributed by atoms with Crippen LogP contribution in [0.2, 0.25) is 0 Å². The third-order valence-electron chi connectivity index (χ3n) is 2.23. The van der Waals surface area contributed by atoms with E-state index in [1.54, 1.807) is 6.20 Å². The van der Waals surface area contributed by atoms with Gasteiger partial charge in [0.2, 0.25) is 0 Å². The largest absolute Gasteiger partial charge is 0.339 e. The number of nitrogens with one attached hydrogen (secondary N) is 1. The van der Waals surface area contributed by atoms with Crippen molar-refractivity contribution in [2.45, 2.75) is 6.92 Å². The highest BCUT2D eigenvalue weighted by Crippen LogP contribution is 1.99. The van der Waals surface area contributed by atoms with Crippen molar-refractivity contribution >= 4 is 35.8 Å². The Kier molecular flexibility index (Phi) is 2.59. The third-order valence-corrected chi connectivity index (χ3v) is 2.41. The minimum absolute atomic E-state index is 0.730. The molecule has 0 spiro atoms. The van der Waals surface area contributed by atoms with E-state index in [0.717, 1.165) is 16.7 Å². The predicted molar refractivity (Wildman–Crippen MR) is 63.8 cm³/mol. The lowest BCUT2D eigenvalue weighted by Gasteiger charge is -1.84. The lowest BCUT2D eigenvalue weighted by Crippen LogP contribution is -2.22. The monoisotopic (exact) mass is 204 g/mol. The van der Waals surface area contributed by atoms with E-state index < -0.39 is 0 Å². The zero-order chi connectivity index (χ0) is 9.97. The van der Waals surface area contributed by atoms with Crippen LogP contribution in [0.3, 0.4) is 0 Å². The average molecular weight is 204 g/mol. The fraction of sp³-hybridized carbons (Fsp3) is 0.182. The maximum absolute atomic E-state index is 4.27. The molecule has 0 aliphatic rings. The average Bonchev–Trinajstić information content (AvgIpc) is 2.55. The van der Waals surface area contributed by atoms with Crippen LogP contribution in [-0.4, -0.2) is 15.7 Å². The van der Waals surface area contributed by atoms with Crippen molar-refractivity contribution in [3.05, 3.63) is 28.9 Å². The van der Waals surface area contributed by atoms with Crippen LogP contribution in [-0.2, 0) is 0 Å². The summed E-state index contributed by atoms with van der Waals surface area (Å²) in [6.45, 7) is 2.03. The Morgan fingerprint density at radius 1 is 1.57 bits per heavy atom. The second-order valence-electron chi connectivity index (χ2n) is 3.03. The van der Waals surface area contributed by atoms with E-state index in [1.165, 1.54) is 10.6 Å². The van der Waals surface area contributed by atoms with Gasteiger partial charge in [-0.15, -0.1) is 0 Å². The van der Waals surface area contributed by atoms with Gasteiger partial charge >= 0.3 is 0 Å². The SMILES string of the molecule is C/C=c1\c(=C/CS)[nH]c2ncccc12. The molecule has 2 aromatic rings. The van der Waals surface area contributed by atoms with Crippen LogP contribution in [0.25, 0.3) is 23.2 Å². The second kappa shape index (κ2) is 3.88. The van der Waals surface area contributed by atoms with Gasteiger partial charge in [-0.2, -0.15) is 12.6 Å². The van der Waals surface area contributed by atoms with Gasteiger partial charge in [0.05, 0.1) is 0 Å². The zero-order valence-electron chi connectivity index (χ0n) is 7.99. The zero-order valence-corrected chi connectivity index (χ0v) is 8.88. The molecule has 0 bridgehead atoms. The predicted octanol–water partition coefficient (Wildman–Crippen LogP) is 1.07. The van der Waals surface area contributed by atoms with E-state index in [0.29, 0.717) is 0 Å². The summed E-state index contributed by atoms with van der Waals surface area (Å²) >= 11 is 4.19. The summed E-state index contributed by atoms with van der Waals surface area (Å²) in [6.07, 6.45) is 5.94. The van der Waals surface area contributed by atoms with E-state index in [1.807, 2.05) is 13.0 Å². The van der Waals surface area contributed by atoms with Crippen molar-refractivity contribution in [2.24, 2.45) is 0 Å². The van der Waals surface area contributed by atoms with Gasteiger partial charge in [0.1, 0.15) is 5.65 Å². The van der Waals surface area contributed by atoms with Crippen LogP contribution in [0, 0.1) is 0 Å². The van der Waals surface area contributed by atoms with E-state index in [4.69, 9.17) is 0 Å². The molecule has 0 saturated heterocycles. The number of pyridine rings is 1. The Labute approximate surface area is 87.8 Å². The van der Waals surface area contributed by atoms with Gasteiger partial charge in [-0.05, 0) is 19.1 Å². The molecular weight excluding hydrogens is 192 g/mol. The van der Waals surface area contributed by atoms with Crippen molar-refractivity contribution in [3.63, 3.8) is 0 Å². The van der Waals surface area contributed by atoms with E-state index in [-0.39, 0.29) is 0 Å². The molecule has 72 valence electrons. The molecule has 3 heteroatoms. The minimum atomic E-state index is 0.730. The number of aromatic amines is 1. The lowest BCUT2D eigenvalue weighted by molar-refractivity contribution is 1.28. The first-order valence-electron chi connectivity index (χ1n) is 4.57. The number of H-pyrrole nitrogens is 1. The number of nitrogens with zero attached hydrogens (tertiary/aromatic N) is 1. The van der Waals surface area contributed by atoms with Crippen LogP contribution in [0.5, 0.6) is 0 Å². The molecule has 0 atom stereocenters. The van der Waals surface area contributed by atoms with Gasteiger partial charge < -0.3 is 4.98 Å². The van der Waals surface area contributed by atoms with Crippen LogP contribution in [0.15, 0.2) is 18.3 Å². The number of thiol groups is 1. The molecule has 0 unspecified atom stereocenters. The standard InChI is InChI=1S/C11H12N2S/c1-2-8-9-4-3-6-12-11(9)13-10(8)5-7-14/h2-6,14H,7H2,1H3,(H,12,13)/b8-2-,10-5+. The van der Waals surface area contributed by atoms with Gasteiger partial charge in [-0.1, -0.05) is 12.2 Å². The van der Waals surface area contributed by atoms with Crippen LogP contribution >= 0.6 is 12.6 Å². The fourth-order valence-electron chi connectivity index (χ4n) is 1.63. The minimum Gasteiger partial charge on any atom is -0.339 e. The quantitative estimate of drug-likeness (QED) is 0.668. The van der Waals surface area contributed by atoms with Crippen molar-refractivity contribution in [2.75, 3.05) is 5.75 Å². The first-order valence-corrected chi connectivity index (χ1v) is 5.20. The van der Waals surface area contributed by atoms with Crippen molar-refractivity contribution in [1.82, 2.24) is 9.97 Å². The Balaban J connectivity index is 2.94. The Hall–Kier alpha value is -1.22. The molecule has 0 saturated carbocycles. The summed E-state index contributed by atoms with van der Waals surface area (Å²) in [5.74, 6) is 0.730. The highest BCUT2D eigenvalue weighted by Gasteiger charge is 1.97. The Morgan fingerprint density at radius 3 is 3.14 bits per heavy atom. The first-order chi connectivity index (χ1) is 6.86. The van der Waals surface area contributed by atoms with Gasteiger partial charge in [0.25, 0.3) is 0 Å². The fourth-order valence-corrected chi connectivity index (χ4v) is 1.81. The summed E-state index contributed by atoms with van der Waals surface area (Å²) in [6, 6.07) is 4.03. The molecule has 0 radical (unpaired) electrons. The highest BCUT2D eigenvalue weighted by atomic mass is 32.1. The summed E-state index contributed by atoms with van der Waals surface area (Å²) in [4.78, 5) is 7.54. The number of rotatable bonds is 1. The molecule has 2 heterocycles. The van der Waals surface area contributed by atoms with E-state index >= 15 is 0 Å². The van der Waals surface area contributed by atoms with Gasteiger partial charge in [-0.3, -0.25) is 0 Å². The number of fused-ring (bicyclic) bond motifs is 1. The van der Waals surface area contributed by atoms with Crippen LogP contribution < -0.4 is 10.6 Å². The van der Waals surface area contributed by atoms with Crippen molar-refractivity contribution < 1.29 is 0 Å². The summed E-state index contributed by atoms with van der Waals surface area (Å²) in [5, 5.41) is 3.49. The molecule has 2 rings (SSSR count). The molecule has 0 amide bonds. The topological polar surface area (TPSA) is 28.7 Å². The third kappa shape index (κ3) is 1.44. The summed E-state index contributed by atoms with van der Waals surface area (Å²) in [7, 11) is 0. The number of hydrogen-bond acceptors (Lipinski definition) is 2. The van der Waals surface area contributed by atoms with Gasteiger partial charge in [0, 0.05) is 27.9 Å². The maximum atomic E-state index is 4.27. The maximum Gasteiger partial charge on any atom is 0.138 e. The normalized spacial score (nSPS) is 14.1. The molecule has 0 fully saturated rings. The van der Waals surface area contributed by atoms with Crippen LogP contribution in [0.4, 0.5) is 0 Å². The Morgan fingerprint density at radius 2 is 2.43 bits per heavy atom.